The molecule has 0 spiro atoms. The SMILES string of the molecule is CCc1noc(CN(C)C(=O)c2ccc(Cl)c(S(=O)(=O)Nc3ccccc3OC)c2)n1. The number of carbonyl (C=O) groups is 1. The lowest BCUT2D eigenvalue weighted by Crippen LogP contribution is -2.26. The molecule has 1 N–H and O–H groups in total. The predicted octanol–water partition coefficient (Wildman–Crippen LogP) is 3.37. The molecule has 164 valence electrons. The highest BCUT2D eigenvalue weighted by molar-refractivity contribution is 7.92. The van der Waals surface area contributed by atoms with E-state index in [-0.39, 0.29) is 33.6 Å². The molecule has 31 heavy (non-hydrogen) atoms. The number of sulfonamides is 1. The van der Waals surface area contributed by atoms with E-state index < -0.39 is 15.9 Å². The Balaban J connectivity index is 1.85. The zero-order chi connectivity index (χ0) is 22.6. The van der Waals surface area contributed by atoms with E-state index >= 15 is 0 Å². The van der Waals surface area contributed by atoms with E-state index in [4.69, 9.17) is 20.9 Å². The first-order chi connectivity index (χ1) is 14.7. The summed E-state index contributed by atoms with van der Waals surface area (Å²) in [6.07, 6.45) is 0.610. The molecule has 0 aliphatic carbocycles. The number of ether oxygens (including phenoxy) is 1. The molecule has 0 aliphatic heterocycles. The van der Waals surface area contributed by atoms with Crippen molar-refractivity contribution in [3.63, 3.8) is 0 Å². The van der Waals surface area contributed by atoms with Crippen LogP contribution in [0.4, 0.5) is 5.69 Å². The van der Waals surface area contributed by atoms with Gasteiger partial charge in [0.05, 0.1) is 24.4 Å². The Morgan fingerprint density at radius 3 is 2.68 bits per heavy atom. The van der Waals surface area contributed by atoms with Gasteiger partial charge in [-0.25, -0.2) is 8.42 Å². The van der Waals surface area contributed by atoms with Gasteiger partial charge in [0.2, 0.25) is 5.89 Å². The molecule has 3 rings (SSSR count). The van der Waals surface area contributed by atoms with Crippen LogP contribution in [0, 0.1) is 0 Å². The lowest BCUT2D eigenvalue weighted by molar-refractivity contribution is 0.0769. The number of benzene rings is 2. The Labute approximate surface area is 185 Å². The van der Waals surface area contributed by atoms with Crippen LogP contribution in [-0.2, 0) is 23.0 Å². The number of nitrogens with one attached hydrogen (secondary N) is 1. The van der Waals surface area contributed by atoms with E-state index in [9.17, 15) is 13.2 Å². The van der Waals surface area contributed by atoms with Crippen molar-refractivity contribution >= 4 is 33.2 Å². The smallest absolute Gasteiger partial charge is 0.263 e. The lowest BCUT2D eigenvalue weighted by atomic mass is 10.2. The Morgan fingerprint density at radius 1 is 1.26 bits per heavy atom. The van der Waals surface area contributed by atoms with Crippen LogP contribution in [0.5, 0.6) is 5.75 Å². The molecule has 0 fully saturated rings. The summed E-state index contributed by atoms with van der Waals surface area (Å²) in [4.78, 5) is 18.1. The molecule has 0 bridgehead atoms. The molecule has 0 saturated carbocycles. The monoisotopic (exact) mass is 464 g/mol. The number of nitrogens with zero attached hydrogens (tertiary/aromatic N) is 3. The van der Waals surface area contributed by atoms with Gasteiger partial charge < -0.3 is 14.2 Å². The van der Waals surface area contributed by atoms with E-state index in [2.05, 4.69) is 14.9 Å². The Bertz CT molecular complexity index is 1200. The van der Waals surface area contributed by atoms with Crippen molar-refractivity contribution in [2.75, 3.05) is 18.9 Å². The Kier molecular flexibility index (Phi) is 6.81. The van der Waals surface area contributed by atoms with Crippen LogP contribution in [-0.4, -0.2) is 43.5 Å². The highest BCUT2D eigenvalue weighted by Crippen LogP contribution is 2.29. The zero-order valence-corrected chi connectivity index (χ0v) is 18.7. The van der Waals surface area contributed by atoms with Gasteiger partial charge in [-0.2, -0.15) is 4.98 Å². The van der Waals surface area contributed by atoms with E-state index in [1.807, 2.05) is 6.92 Å². The summed E-state index contributed by atoms with van der Waals surface area (Å²) >= 11 is 6.14. The van der Waals surface area contributed by atoms with Gasteiger partial charge in [0.1, 0.15) is 10.6 Å². The van der Waals surface area contributed by atoms with Gasteiger partial charge in [0.15, 0.2) is 5.82 Å². The maximum absolute atomic E-state index is 13.0. The van der Waals surface area contributed by atoms with Crippen molar-refractivity contribution in [3.05, 3.63) is 64.8 Å². The Hall–Kier alpha value is -3.11. The summed E-state index contributed by atoms with van der Waals surface area (Å²) in [5, 5.41) is 3.77. The summed E-state index contributed by atoms with van der Waals surface area (Å²) in [6, 6.07) is 10.6. The largest absolute Gasteiger partial charge is 0.495 e. The topological polar surface area (TPSA) is 115 Å². The number of carbonyl (C=O) groups excluding carboxylic acids is 1. The van der Waals surface area contributed by atoms with Gasteiger partial charge >= 0.3 is 0 Å². The summed E-state index contributed by atoms with van der Waals surface area (Å²) < 4.78 is 38.6. The molecule has 1 amide bonds. The minimum absolute atomic E-state index is 0.0221. The van der Waals surface area contributed by atoms with Gasteiger partial charge in [-0.1, -0.05) is 35.8 Å². The average molecular weight is 465 g/mol. The molecule has 0 radical (unpaired) electrons. The first kappa shape index (κ1) is 22.6. The van der Waals surface area contributed by atoms with Crippen LogP contribution in [0.15, 0.2) is 51.9 Å². The first-order valence-corrected chi connectivity index (χ1v) is 11.1. The number of para-hydroxylation sites is 2. The maximum atomic E-state index is 13.0. The molecule has 0 saturated heterocycles. The molecule has 0 aliphatic rings. The van der Waals surface area contributed by atoms with Crippen molar-refractivity contribution in [3.8, 4) is 5.75 Å². The molecule has 0 atom stereocenters. The summed E-state index contributed by atoms with van der Waals surface area (Å²) in [7, 11) is -1.11. The molecule has 2 aromatic carbocycles. The predicted molar refractivity (Wildman–Crippen MR) is 115 cm³/mol. The van der Waals surface area contributed by atoms with Gasteiger partial charge in [-0.15, -0.1) is 0 Å². The molecule has 1 aromatic heterocycles. The third-order valence-electron chi connectivity index (χ3n) is 4.36. The molecular weight excluding hydrogens is 444 g/mol. The quantitative estimate of drug-likeness (QED) is 0.543. The fourth-order valence-corrected chi connectivity index (χ4v) is 4.36. The number of halogens is 1. The highest BCUT2D eigenvalue weighted by Gasteiger charge is 2.23. The number of amides is 1. The second-order valence-electron chi connectivity index (χ2n) is 6.57. The van der Waals surface area contributed by atoms with Crippen LogP contribution in [0.3, 0.4) is 0 Å². The number of rotatable bonds is 8. The standard InChI is InChI=1S/C20H21ClN4O5S/c1-4-18-22-19(30-23-18)12-25(2)20(26)13-9-10-14(21)17(11-13)31(27,28)24-15-7-5-6-8-16(15)29-3/h5-11,24H,4,12H2,1-3H3. The van der Waals surface area contributed by atoms with E-state index in [1.165, 1.54) is 30.2 Å². The van der Waals surface area contributed by atoms with Gasteiger partial charge in [-0.05, 0) is 30.3 Å². The van der Waals surface area contributed by atoms with E-state index in [0.29, 0.717) is 18.0 Å². The maximum Gasteiger partial charge on any atom is 0.263 e. The number of hydrogen-bond donors (Lipinski definition) is 1. The molecule has 0 unspecified atom stereocenters. The third kappa shape index (κ3) is 5.15. The lowest BCUT2D eigenvalue weighted by Gasteiger charge is -2.16. The Morgan fingerprint density at radius 2 is 2.00 bits per heavy atom. The second kappa shape index (κ2) is 9.36. The minimum Gasteiger partial charge on any atom is -0.495 e. The first-order valence-electron chi connectivity index (χ1n) is 9.27. The summed E-state index contributed by atoms with van der Waals surface area (Å²) in [5.41, 5.74) is 0.389. The van der Waals surface area contributed by atoms with Crippen LogP contribution in [0.25, 0.3) is 0 Å². The van der Waals surface area contributed by atoms with Crippen molar-refractivity contribution in [2.45, 2.75) is 24.8 Å². The molecular formula is C20H21ClN4O5S. The number of anilines is 1. The normalized spacial score (nSPS) is 11.2. The van der Waals surface area contributed by atoms with E-state index in [0.717, 1.165) is 0 Å². The zero-order valence-electron chi connectivity index (χ0n) is 17.1. The van der Waals surface area contributed by atoms with Crippen LogP contribution in [0.1, 0.15) is 29.0 Å². The summed E-state index contributed by atoms with van der Waals surface area (Å²) in [6.45, 7) is 1.97. The van der Waals surface area contributed by atoms with E-state index in [1.54, 1.807) is 31.3 Å². The van der Waals surface area contributed by atoms with Gasteiger partial charge in [-0.3, -0.25) is 9.52 Å². The minimum atomic E-state index is -4.09. The number of aromatic nitrogens is 2. The number of hydrogen-bond acceptors (Lipinski definition) is 7. The van der Waals surface area contributed by atoms with Crippen molar-refractivity contribution in [1.82, 2.24) is 15.0 Å². The number of aryl methyl sites for hydroxylation is 1. The van der Waals surface area contributed by atoms with Crippen molar-refractivity contribution < 1.29 is 22.5 Å². The molecule has 3 aromatic rings. The molecule has 9 nitrogen and oxygen atoms in total. The number of methoxy groups -OCH3 is 1. The average Bonchev–Trinajstić information content (AvgIpc) is 3.21. The van der Waals surface area contributed by atoms with Crippen LogP contribution >= 0.6 is 11.6 Å². The van der Waals surface area contributed by atoms with Gasteiger partial charge in [0, 0.05) is 19.0 Å². The van der Waals surface area contributed by atoms with Gasteiger partial charge in [0.25, 0.3) is 15.9 Å². The molecule has 1 heterocycles. The summed E-state index contributed by atoms with van der Waals surface area (Å²) in [5.74, 6) is 0.743. The van der Waals surface area contributed by atoms with Crippen LogP contribution in [0.2, 0.25) is 5.02 Å². The second-order valence-corrected chi connectivity index (χ2v) is 8.63. The van der Waals surface area contributed by atoms with Crippen molar-refractivity contribution in [2.24, 2.45) is 0 Å². The van der Waals surface area contributed by atoms with Crippen molar-refractivity contribution in [1.29, 1.82) is 0 Å². The highest BCUT2D eigenvalue weighted by atomic mass is 35.5. The fourth-order valence-electron chi connectivity index (χ4n) is 2.76. The fraction of sp³-hybridized carbons (Fsp3) is 0.250. The molecule has 11 heteroatoms. The third-order valence-corrected chi connectivity index (χ3v) is 6.21. The van der Waals surface area contributed by atoms with Crippen LogP contribution < -0.4 is 9.46 Å².